The van der Waals surface area contributed by atoms with Crippen molar-refractivity contribution in [2.75, 3.05) is 13.4 Å². The van der Waals surface area contributed by atoms with E-state index in [2.05, 4.69) is 6.92 Å². The molecule has 0 saturated heterocycles. The fourth-order valence-electron chi connectivity index (χ4n) is 1.84. The van der Waals surface area contributed by atoms with Crippen molar-refractivity contribution in [3.63, 3.8) is 0 Å². The van der Waals surface area contributed by atoms with Crippen LogP contribution in [0.4, 0.5) is 0 Å². The van der Waals surface area contributed by atoms with Gasteiger partial charge in [0.05, 0.1) is 0 Å². The molecule has 0 N–H and O–H groups in total. The summed E-state index contributed by atoms with van der Waals surface area (Å²) in [7, 11) is 0. The van der Waals surface area contributed by atoms with Gasteiger partial charge in [0.1, 0.15) is 0 Å². The van der Waals surface area contributed by atoms with Gasteiger partial charge in [-0.1, -0.05) is 58.3 Å². The summed E-state index contributed by atoms with van der Waals surface area (Å²) in [5.41, 5.74) is 0. The average molecular weight is 258 g/mol. The summed E-state index contributed by atoms with van der Waals surface area (Å²) in [5.74, 6) is -0.133. The maximum Gasteiger partial charge on any atom is 0.307 e. The third-order valence-electron chi connectivity index (χ3n) is 2.99. The quantitative estimate of drug-likeness (QED) is 0.278. The average Bonchev–Trinajstić information content (AvgIpc) is 2.37. The Hall–Kier alpha value is -0.570. The second-order valence-electron chi connectivity index (χ2n) is 4.71. The molecule has 0 aliphatic rings. The highest BCUT2D eigenvalue weighted by Crippen LogP contribution is 2.10. The molecule has 0 atom stereocenters. The van der Waals surface area contributed by atoms with E-state index in [-0.39, 0.29) is 12.8 Å². The molecule has 18 heavy (non-hydrogen) atoms. The van der Waals surface area contributed by atoms with Gasteiger partial charge in [0.25, 0.3) is 0 Å². The molecule has 0 saturated carbocycles. The van der Waals surface area contributed by atoms with Crippen LogP contribution in [0.1, 0.15) is 78.1 Å². The standard InChI is InChI=1S/C15H30O3/c1-3-5-6-7-8-9-10-11-12-13-15(16)18-14-17-4-2/h3-14H2,1-2H3. The van der Waals surface area contributed by atoms with Crippen molar-refractivity contribution < 1.29 is 14.3 Å². The van der Waals surface area contributed by atoms with Gasteiger partial charge in [-0.15, -0.1) is 0 Å². The van der Waals surface area contributed by atoms with E-state index in [1.54, 1.807) is 0 Å². The molecule has 0 bridgehead atoms. The van der Waals surface area contributed by atoms with Crippen LogP contribution in [0, 0.1) is 0 Å². The molecule has 0 aliphatic carbocycles. The van der Waals surface area contributed by atoms with Gasteiger partial charge in [-0.3, -0.25) is 4.79 Å². The van der Waals surface area contributed by atoms with Gasteiger partial charge < -0.3 is 9.47 Å². The summed E-state index contributed by atoms with van der Waals surface area (Å²) >= 11 is 0. The van der Waals surface area contributed by atoms with E-state index in [0.717, 1.165) is 12.8 Å². The number of rotatable bonds is 13. The van der Waals surface area contributed by atoms with Crippen LogP contribution in [0.2, 0.25) is 0 Å². The third kappa shape index (κ3) is 13.5. The van der Waals surface area contributed by atoms with Crippen molar-refractivity contribution in [2.45, 2.75) is 78.1 Å². The maximum absolute atomic E-state index is 11.2. The number of hydrogen-bond donors (Lipinski definition) is 0. The van der Waals surface area contributed by atoms with E-state index in [0.29, 0.717) is 13.0 Å². The van der Waals surface area contributed by atoms with Gasteiger partial charge in [-0.05, 0) is 13.3 Å². The number of carbonyl (C=O) groups is 1. The summed E-state index contributed by atoms with van der Waals surface area (Å²) in [6.45, 7) is 4.82. The molecule has 0 radical (unpaired) electrons. The zero-order chi connectivity index (χ0) is 13.5. The molecule has 0 aromatic rings. The smallest absolute Gasteiger partial charge is 0.307 e. The van der Waals surface area contributed by atoms with Crippen molar-refractivity contribution in [3.8, 4) is 0 Å². The molecule has 3 nitrogen and oxygen atoms in total. The minimum absolute atomic E-state index is 0.104. The molecule has 0 spiro atoms. The van der Waals surface area contributed by atoms with Crippen LogP contribution in [0.15, 0.2) is 0 Å². The Kier molecular flexibility index (Phi) is 14.0. The number of hydrogen-bond acceptors (Lipinski definition) is 3. The van der Waals surface area contributed by atoms with E-state index < -0.39 is 0 Å². The van der Waals surface area contributed by atoms with Crippen molar-refractivity contribution in [3.05, 3.63) is 0 Å². The van der Waals surface area contributed by atoms with Crippen molar-refractivity contribution in [2.24, 2.45) is 0 Å². The molecule has 0 rings (SSSR count). The highest BCUT2D eigenvalue weighted by atomic mass is 16.7. The first-order valence-corrected chi connectivity index (χ1v) is 7.54. The molecular weight excluding hydrogens is 228 g/mol. The molecular formula is C15H30O3. The topological polar surface area (TPSA) is 35.5 Å². The predicted molar refractivity (Wildman–Crippen MR) is 74.4 cm³/mol. The van der Waals surface area contributed by atoms with E-state index in [1.165, 1.54) is 44.9 Å². The first kappa shape index (κ1) is 17.4. The Labute approximate surface area is 112 Å². The van der Waals surface area contributed by atoms with Crippen LogP contribution < -0.4 is 0 Å². The Morgan fingerprint density at radius 3 is 1.94 bits per heavy atom. The first-order chi connectivity index (χ1) is 8.81. The van der Waals surface area contributed by atoms with Crippen LogP contribution in [-0.2, 0) is 14.3 Å². The molecule has 3 heteroatoms. The van der Waals surface area contributed by atoms with E-state index in [1.807, 2.05) is 6.92 Å². The monoisotopic (exact) mass is 258 g/mol. The van der Waals surface area contributed by atoms with E-state index in [9.17, 15) is 4.79 Å². The molecule has 0 heterocycles. The molecule has 0 unspecified atom stereocenters. The second kappa shape index (κ2) is 14.5. The summed E-state index contributed by atoms with van der Waals surface area (Å²) in [5, 5.41) is 0. The van der Waals surface area contributed by atoms with Crippen LogP contribution in [0.25, 0.3) is 0 Å². The van der Waals surface area contributed by atoms with Gasteiger partial charge >= 0.3 is 5.97 Å². The molecule has 0 amide bonds. The highest BCUT2D eigenvalue weighted by Gasteiger charge is 2.01. The molecule has 0 aromatic carbocycles. The molecule has 108 valence electrons. The lowest BCUT2D eigenvalue weighted by atomic mass is 10.1. The highest BCUT2D eigenvalue weighted by molar-refractivity contribution is 5.69. The number of unbranched alkanes of at least 4 members (excludes halogenated alkanes) is 8. The lowest BCUT2D eigenvalue weighted by Gasteiger charge is -2.04. The van der Waals surface area contributed by atoms with Crippen LogP contribution >= 0.6 is 0 Å². The summed E-state index contributed by atoms with van der Waals surface area (Å²) < 4.78 is 9.85. The summed E-state index contributed by atoms with van der Waals surface area (Å²) in [6.07, 6.45) is 11.9. The fraction of sp³-hybridized carbons (Fsp3) is 0.933. The van der Waals surface area contributed by atoms with E-state index >= 15 is 0 Å². The minimum atomic E-state index is -0.133. The lowest BCUT2D eigenvalue weighted by molar-refractivity contribution is -0.155. The summed E-state index contributed by atoms with van der Waals surface area (Å²) in [6, 6.07) is 0. The Balaban J connectivity index is 3.08. The van der Waals surface area contributed by atoms with Crippen LogP contribution in [0.3, 0.4) is 0 Å². The Morgan fingerprint density at radius 2 is 1.39 bits per heavy atom. The SMILES string of the molecule is CCCCCCCCCCCC(=O)OCOCC. The molecule has 0 fully saturated rings. The lowest BCUT2D eigenvalue weighted by Crippen LogP contribution is -2.07. The number of carbonyl (C=O) groups excluding carboxylic acids is 1. The zero-order valence-electron chi connectivity index (χ0n) is 12.2. The van der Waals surface area contributed by atoms with Gasteiger partial charge in [0.15, 0.2) is 6.79 Å². The number of esters is 1. The molecule has 0 aliphatic heterocycles. The normalized spacial score (nSPS) is 10.6. The first-order valence-electron chi connectivity index (χ1n) is 7.54. The van der Waals surface area contributed by atoms with Gasteiger partial charge in [-0.2, -0.15) is 0 Å². The van der Waals surface area contributed by atoms with Gasteiger partial charge in [0, 0.05) is 13.0 Å². The van der Waals surface area contributed by atoms with Gasteiger partial charge in [-0.25, -0.2) is 0 Å². The summed E-state index contributed by atoms with van der Waals surface area (Å²) in [4.78, 5) is 11.2. The van der Waals surface area contributed by atoms with Crippen LogP contribution in [0.5, 0.6) is 0 Å². The minimum Gasteiger partial charge on any atom is -0.438 e. The van der Waals surface area contributed by atoms with Crippen LogP contribution in [-0.4, -0.2) is 19.4 Å². The predicted octanol–water partition coefficient (Wildman–Crippen LogP) is 4.44. The number of ether oxygens (including phenoxy) is 2. The largest absolute Gasteiger partial charge is 0.438 e. The molecule has 0 aromatic heterocycles. The van der Waals surface area contributed by atoms with Crippen molar-refractivity contribution in [1.29, 1.82) is 0 Å². The maximum atomic E-state index is 11.2. The third-order valence-corrected chi connectivity index (χ3v) is 2.99. The van der Waals surface area contributed by atoms with Crippen molar-refractivity contribution >= 4 is 5.97 Å². The zero-order valence-corrected chi connectivity index (χ0v) is 12.2. The van der Waals surface area contributed by atoms with E-state index in [4.69, 9.17) is 9.47 Å². The van der Waals surface area contributed by atoms with Gasteiger partial charge in [0.2, 0.25) is 0 Å². The van der Waals surface area contributed by atoms with Crippen molar-refractivity contribution in [1.82, 2.24) is 0 Å². The fourth-order valence-corrected chi connectivity index (χ4v) is 1.84. The second-order valence-corrected chi connectivity index (χ2v) is 4.71. The Morgan fingerprint density at radius 1 is 0.833 bits per heavy atom. The Bertz CT molecular complexity index is 181.